The SMILES string of the molecule is CC1CN(Cc2cccc(Oc3ccc(Cl)cc3)c2)CCN1C(=O)n1cc(C(F)(F)F)c(C(=O)O)n1. The van der Waals surface area contributed by atoms with Gasteiger partial charge in [0.05, 0.1) is 0 Å². The lowest BCUT2D eigenvalue weighted by Crippen LogP contribution is -2.54. The highest BCUT2D eigenvalue weighted by molar-refractivity contribution is 6.30. The Morgan fingerprint density at radius 2 is 1.86 bits per heavy atom. The zero-order valence-electron chi connectivity index (χ0n) is 19.1. The van der Waals surface area contributed by atoms with Crippen LogP contribution < -0.4 is 4.74 Å². The third-order valence-electron chi connectivity index (χ3n) is 5.73. The molecule has 1 fully saturated rings. The number of carbonyl (C=O) groups is 2. The van der Waals surface area contributed by atoms with Gasteiger partial charge in [0.2, 0.25) is 0 Å². The van der Waals surface area contributed by atoms with Crippen LogP contribution >= 0.6 is 11.6 Å². The largest absolute Gasteiger partial charge is 0.476 e. The minimum absolute atomic E-state index is 0.241. The number of alkyl halides is 3. The second kappa shape index (κ2) is 10.2. The molecule has 1 amide bonds. The smallest absolute Gasteiger partial charge is 0.420 e. The number of nitrogens with zero attached hydrogens (tertiary/aromatic N) is 4. The fourth-order valence-electron chi connectivity index (χ4n) is 4.03. The van der Waals surface area contributed by atoms with Crippen LogP contribution in [0, 0.1) is 0 Å². The number of piperazine rings is 1. The maximum absolute atomic E-state index is 13.2. The average Bonchev–Trinajstić information content (AvgIpc) is 3.27. The molecule has 1 aliphatic rings. The van der Waals surface area contributed by atoms with Crippen molar-refractivity contribution in [2.24, 2.45) is 0 Å². The molecule has 1 aliphatic heterocycles. The van der Waals surface area contributed by atoms with Crippen molar-refractivity contribution in [3.8, 4) is 11.5 Å². The standard InChI is InChI=1S/C24H22ClF3N4O4/c1-15-12-30(13-16-3-2-4-19(11-16)36-18-7-5-17(25)6-8-18)9-10-31(15)23(35)32-14-20(24(26,27)28)21(29-32)22(33)34/h2-8,11,14-15H,9-10,12-13H2,1H3,(H,33,34). The van der Waals surface area contributed by atoms with Crippen molar-refractivity contribution in [1.29, 1.82) is 0 Å². The molecule has 190 valence electrons. The molecule has 1 saturated heterocycles. The molecule has 2 aromatic carbocycles. The first-order valence-electron chi connectivity index (χ1n) is 11.0. The van der Waals surface area contributed by atoms with Gasteiger partial charge in [0, 0.05) is 43.4 Å². The third kappa shape index (κ3) is 5.80. The van der Waals surface area contributed by atoms with Gasteiger partial charge in [-0.1, -0.05) is 23.7 Å². The van der Waals surface area contributed by atoms with Crippen LogP contribution in [0.25, 0.3) is 0 Å². The first kappa shape index (κ1) is 25.5. The van der Waals surface area contributed by atoms with Crippen molar-refractivity contribution in [2.75, 3.05) is 19.6 Å². The number of aromatic carboxylic acids is 1. The second-order valence-electron chi connectivity index (χ2n) is 8.40. The van der Waals surface area contributed by atoms with E-state index in [1.54, 1.807) is 31.2 Å². The Bertz CT molecular complexity index is 1260. The van der Waals surface area contributed by atoms with Crippen molar-refractivity contribution < 1.29 is 32.6 Å². The summed E-state index contributed by atoms with van der Waals surface area (Å²) in [6.45, 7) is 3.53. The van der Waals surface area contributed by atoms with Gasteiger partial charge in [-0.3, -0.25) is 4.90 Å². The summed E-state index contributed by atoms with van der Waals surface area (Å²) in [5.41, 5.74) is -1.68. The van der Waals surface area contributed by atoms with Gasteiger partial charge in [-0.05, 0) is 48.9 Å². The van der Waals surface area contributed by atoms with Crippen molar-refractivity contribution in [3.05, 3.63) is 76.6 Å². The van der Waals surface area contributed by atoms with Crippen LogP contribution in [0.5, 0.6) is 11.5 Å². The molecule has 0 saturated carbocycles. The molecular weight excluding hydrogens is 501 g/mol. The van der Waals surface area contributed by atoms with E-state index < -0.39 is 29.4 Å². The van der Waals surface area contributed by atoms with E-state index in [1.165, 1.54) is 4.90 Å². The zero-order chi connectivity index (χ0) is 26.0. The molecule has 0 spiro atoms. The Labute approximate surface area is 209 Å². The summed E-state index contributed by atoms with van der Waals surface area (Å²) in [6, 6.07) is 13.4. The van der Waals surface area contributed by atoms with Crippen molar-refractivity contribution in [3.63, 3.8) is 0 Å². The van der Waals surface area contributed by atoms with Gasteiger partial charge >= 0.3 is 18.2 Å². The van der Waals surface area contributed by atoms with Gasteiger partial charge < -0.3 is 14.7 Å². The molecule has 0 radical (unpaired) electrons. The van der Waals surface area contributed by atoms with Crippen LogP contribution in [0.2, 0.25) is 5.02 Å². The monoisotopic (exact) mass is 522 g/mol. The number of aromatic nitrogens is 2. The summed E-state index contributed by atoms with van der Waals surface area (Å²) in [7, 11) is 0. The minimum atomic E-state index is -4.94. The Balaban J connectivity index is 1.40. The van der Waals surface area contributed by atoms with E-state index >= 15 is 0 Å². The van der Waals surface area contributed by atoms with Crippen molar-refractivity contribution in [1.82, 2.24) is 19.6 Å². The predicted molar refractivity (Wildman–Crippen MR) is 124 cm³/mol. The van der Waals surface area contributed by atoms with Crippen LogP contribution in [-0.2, 0) is 12.7 Å². The topological polar surface area (TPSA) is 87.9 Å². The van der Waals surface area contributed by atoms with E-state index in [4.69, 9.17) is 21.4 Å². The van der Waals surface area contributed by atoms with Crippen LogP contribution in [0.4, 0.5) is 18.0 Å². The summed E-state index contributed by atoms with van der Waals surface area (Å²) < 4.78 is 45.8. The van der Waals surface area contributed by atoms with Gasteiger partial charge in [0.25, 0.3) is 0 Å². The van der Waals surface area contributed by atoms with E-state index in [2.05, 4.69) is 10.00 Å². The molecule has 12 heteroatoms. The molecule has 8 nitrogen and oxygen atoms in total. The molecule has 1 N–H and O–H groups in total. The number of rotatable bonds is 5. The number of carbonyl (C=O) groups excluding carboxylic acids is 1. The van der Waals surface area contributed by atoms with Crippen LogP contribution in [-0.4, -0.2) is 62.4 Å². The highest BCUT2D eigenvalue weighted by atomic mass is 35.5. The molecule has 3 aromatic rings. The fourth-order valence-corrected chi connectivity index (χ4v) is 4.16. The number of carboxylic acid groups (broad SMARTS) is 1. The van der Waals surface area contributed by atoms with E-state index in [9.17, 15) is 22.8 Å². The fraction of sp³-hybridized carbons (Fsp3) is 0.292. The molecule has 36 heavy (non-hydrogen) atoms. The van der Waals surface area contributed by atoms with E-state index in [1.807, 2.05) is 24.3 Å². The highest BCUT2D eigenvalue weighted by Gasteiger charge is 2.40. The Hall–Kier alpha value is -3.57. The second-order valence-corrected chi connectivity index (χ2v) is 8.84. The van der Waals surface area contributed by atoms with Gasteiger partial charge in [0.1, 0.15) is 17.1 Å². The quantitative estimate of drug-likeness (QED) is 0.494. The van der Waals surface area contributed by atoms with E-state index in [-0.39, 0.29) is 12.6 Å². The van der Waals surface area contributed by atoms with Gasteiger partial charge in [0.15, 0.2) is 5.69 Å². The molecule has 1 unspecified atom stereocenters. The number of carboxylic acids is 1. The first-order valence-corrected chi connectivity index (χ1v) is 11.3. The summed E-state index contributed by atoms with van der Waals surface area (Å²) >= 11 is 5.90. The summed E-state index contributed by atoms with van der Waals surface area (Å²) in [4.78, 5) is 27.5. The highest BCUT2D eigenvalue weighted by Crippen LogP contribution is 2.32. The number of hydrogen-bond acceptors (Lipinski definition) is 5. The van der Waals surface area contributed by atoms with Gasteiger partial charge in [-0.2, -0.15) is 23.0 Å². The number of amides is 1. The number of ether oxygens (including phenoxy) is 1. The summed E-state index contributed by atoms with van der Waals surface area (Å²) in [5, 5.41) is 13.1. The van der Waals surface area contributed by atoms with Crippen LogP contribution in [0.15, 0.2) is 54.7 Å². The molecule has 1 aromatic heterocycles. The normalized spacial score (nSPS) is 16.7. The molecule has 2 heterocycles. The minimum Gasteiger partial charge on any atom is -0.476 e. The zero-order valence-corrected chi connectivity index (χ0v) is 19.8. The van der Waals surface area contributed by atoms with Crippen LogP contribution in [0.1, 0.15) is 28.5 Å². The third-order valence-corrected chi connectivity index (χ3v) is 5.98. The Morgan fingerprint density at radius 1 is 1.14 bits per heavy atom. The van der Waals surface area contributed by atoms with Gasteiger partial charge in [-0.25, -0.2) is 9.59 Å². The lowest BCUT2D eigenvalue weighted by Gasteiger charge is -2.39. The molecular formula is C24H22ClF3N4O4. The van der Waals surface area contributed by atoms with Gasteiger partial charge in [-0.15, -0.1) is 0 Å². The molecule has 0 aliphatic carbocycles. The number of benzene rings is 2. The first-order chi connectivity index (χ1) is 17.0. The lowest BCUT2D eigenvalue weighted by atomic mass is 10.1. The average molecular weight is 523 g/mol. The Kier molecular flexibility index (Phi) is 7.23. The summed E-state index contributed by atoms with van der Waals surface area (Å²) in [6.07, 6.45) is -4.51. The molecule has 4 rings (SSSR count). The number of halogens is 4. The maximum atomic E-state index is 13.2. The maximum Gasteiger partial charge on any atom is 0.420 e. The predicted octanol–water partition coefficient (Wildman–Crippen LogP) is 5.22. The van der Waals surface area contributed by atoms with Crippen molar-refractivity contribution >= 4 is 23.6 Å². The van der Waals surface area contributed by atoms with Crippen molar-refractivity contribution in [2.45, 2.75) is 25.7 Å². The molecule has 1 atom stereocenters. The Morgan fingerprint density at radius 3 is 2.47 bits per heavy atom. The van der Waals surface area contributed by atoms with Crippen LogP contribution in [0.3, 0.4) is 0 Å². The van der Waals surface area contributed by atoms with E-state index in [0.29, 0.717) is 47.0 Å². The number of hydrogen-bond donors (Lipinski definition) is 1. The summed E-state index contributed by atoms with van der Waals surface area (Å²) in [5.74, 6) is -0.547. The molecule has 0 bridgehead atoms. The van der Waals surface area contributed by atoms with E-state index in [0.717, 1.165) is 5.56 Å². The lowest BCUT2D eigenvalue weighted by molar-refractivity contribution is -0.138.